The van der Waals surface area contributed by atoms with Crippen LogP contribution in [0.5, 0.6) is 5.75 Å². The largest absolute Gasteiger partial charge is 0.491 e. The number of nitrogens with two attached hydrogens (primary N) is 1. The Bertz CT molecular complexity index is 667. The van der Waals surface area contributed by atoms with E-state index < -0.39 is 16.9 Å². The quantitative estimate of drug-likeness (QED) is 0.830. The van der Waals surface area contributed by atoms with Crippen molar-refractivity contribution in [1.29, 1.82) is 0 Å². The Hall–Kier alpha value is -2.34. The Balaban J connectivity index is 2.02. The number of nitrogen functional groups attached to an aromatic ring is 1. The Morgan fingerprint density at radius 2 is 1.68 bits per heavy atom. The lowest BCUT2D eigenvalue weighted by Crippen LogP contribution is -2.25. The minimum atomic E-state index is -1.62. The lowest BCUT2D eigenvalue weighted by Gasteiger charge is -2.10. The molecule has 0 fully saturated rings. The summed E-state index contributed by atoms with van der Waals surface area (Å²) in [5, 5.41) is 0. The zero-order valence-corrected chi connectivity index (χ0v) is 13.2. The van der Waals surface area contributed by atoms with Gasteiger partial charge >= 0.3 is 0 Å². The van der Waals surface area contributed by atoms with E-state index in [4.69, 9.17) is 10.5 Å². The van der Waals surface area contributed by atoms with Crippen LogP contribution in [0.25, 0.3) is 0 Å². The van der Waals surface area contributed by atoms with Crippen molar-refractivity contribution in [3.8, 4) is 5.75 Å². The summed E-state index contributed by atoms with van der Waals surface area (Å²) in [6.45, 7) is 3.85. The summed E-state index contributed by atoms with van der Waals surface area (Å²) in [5.74, 6) is 0.275. The number of amides is 1. The van der Waals surface area contributed by atoms with Gasteiger partial charge in [0.1, 0.15) is 5.75 Å². The number of anilines is 1. The number of rotatable bonds is 5. The first-order valence-electron chi connectivity index (χ1n) is 6.80. The van der Waals surface area contributed by atoms with E-state index in [1.54, 1.807) is 48.5 Å². The van der Waals surface area contributed by atoms with Gasteiger partial charge in [0.2, 0.25) is 0 Å². The van der Waals surface area contributed by atoms with Crippen LogP contribution in [0.15, 0.2) is 53.4 Å². The molecule has 116 valence electrons. The van der Waals surface area contributed by atoms with Crippen LogP contribution in [0.1, 0.15) is 24.2 Å². The molecule has 0 radical (unpaired) electrons. The fourth-order valence-electron chi connectivity index (χ4n) is 1.75. The summed E-state index contributed by atoms with van der Waals surface area (Å²) in [6, 6.07) is 13.2. The molecular formula is C16H18N2O3S. The predicted molar refractivity (Wildman–Crippen MR) is 86.9 cm³/mol. The third kappa shape index (κ3) is 4.33. The topological polar surface area (TPSA) is 81.4 Å². The zero-order valence-electron chi connectivity index (χ0n) is 12.4. The molecule has 0 aliphatic rings. The van der Waals surface area contributed by atoms with E-state index in [0.717, 1.165) is 0 Å². The van der Waals surface area contributed by atoms with Crippen LogP contribution in [0.4, 0.5) is 5.69 Å². The van der Waals surface area contributed by atoms with Crippen molar-refractivity contribution in [2.24, 2.45) is 0 Å². The van der Waals surface area contributed by atoms with E-state index >= 15 is 0 Å². The third-order valence-corrected chi connectivity index (χ3v) is 3.84. The molecular weight excluding hydrogens is 300 g/mol. The van der Waals surface area contributed by atoms with Gasteiger partial charge in [-0.3, -0.25) is 9.52 Å². The van der Waals surface area contributed by atoms with Crippen LogP contribution in [0.3, 0.4) is 0 Å². The van der Waals surface area contributed by atoms with Gasteiger partial charge in [-0.1, -0.05) is 0 Å². The van der Waals surface area contributed by atoms with Crippen LogP contribution in [0.2, 0.25) is 0 Å². The van der Waals surface area contributed by atoms with Gasteiger partial charge in [-0.05, 0) is 62.4 Å². The number of carbonyl (C=O) groups is 1. The molecule has 0 aliphatic heterocycles. The van der Waals surface area contributed by atoms with Crippen LogP contribution in [-0.4, -0.2) is 16.2 Å². The normalized spacial score (nSPS) is 12.0. The average Bonchev–Trinajstić information content (AvgIpc) is 2.48. The van der Waals surface area contributed by atoms with E-state index in [0.29, 0.717) is 21.9 Å². The molecule has 1 atom stereocenters. The molecule has 1 unspecified atom stereocenters. The second kappa shape index (κ2) is 7.09. The van der Waals surface area contributed by atoms with Crippen molar-refractivity contribution in [1.82, 2.24) is 4.72 Å². The SMILES string of the molecule is CC(C)Oc1ccc(C(=O)NS(=O)c2ccc(N)cc2)cc1. The van der Waals surface area contributed by atoms with Gasteiger partial charge in [0.25, 0.3) is 5.91 Å². The maximum absolute atomic E-state index is 12.1. The molecule has 0 heterocycles. The molecule has 0 saturated carbocycles. The summed E-state index contributed by atoms with van der Waals surface area (Å²) in [7, 11) is -1.62. The van der Waals surface area contributed by atoms with E-state index in [1.165, 1.54) is 0 Å². The van der Waals surface area contributed by atoms with Crippen molar-refractivity contribution in [2.75, 3.05) is 5.73 Å². The first kappa shape index (κ1) is 16.0. The molecule has 0 aliphatic carbocycles. The molecule has 22 heavy (non-hydrogen) atoms. The Morgan fingerprint density at radius 1 is 1.09 bits per heavy atom. The Kier molecular flexibility index (Phi) is 5.16. The number of hydrogen-bond donors (Lipinski definition) is 2. The minimum absolute atomic E-state index is 0.0673. The van der Waals surface area contributed by atoms with Crippen molar-refractivity contribution in [3.05, 3.63) is 54.1 Å². The highest BCUT2D eigenvalue weighted by atomic mass is 32.2. The fraction of sp³-hybridized carbons (Fsp3) is 0.188. The van der Waals surface area contributed by atoms with Crippen molar-refractivity contribution < 1.29 is 13.7 Å². The van der Waals surface area contributed by atoms with E-state index in [-0.39, 0.29) is 6.10 Å². The van der Waals surface area contributed by atoms with E-state index in [9.17, 15) is 9.00 Å². The Morgan fingerprint density at radius 3 is 2.23 bits per heavy atom. The fourth-order valence-corrected chi connectivity index (χ4v) is 2.54. The molecule has 6 heteroatoms. The lowest BCUT2D eigenvalue weighted by atomic mass is 10.2. The monoisotopic (exact) mass is 318 g/mol. The number of benzene rings is 2. The molecule has 2 aromatic carbocycles. The number of hydrogen-bond acceptors (Lipinski definition) is 4. The average molecular weight is 318 g/mol. The van der Waals surface area contributed by atoms with Gasteiger partial charge in [-0.2, -0.15) is 0 Å². The summed E-state index contributed by atoms with van der Waals surface area (Å²) in [4.78, 5) is 12.5. The van der Waals surface area contributed by atoms with Gasteiger partial charge in [-0.25, -0.2) is 4.21 Å². The van der Waals surface area contributed by atoms with Gasteiger partial charge in [0.15, 0.2) is 11.0 Å². The van der Waals surface area contributed by atoms with Crippen LogP contribution >= 0.6 is 0 Å². The smallest absolute Gasteiger partial charge is 0.263 e. The second-order valence-electron chi connectivity index (χ2n) is 4.96. The van der Waals surface area contributed by atoms with Gasteiger partial charge in [0.05, 0.1) is 11.0 Å². The molecule has 1 amide bonds. The molecule has 2 aromatic rings. The molecule has 0 bridgehead atoms. The minimum Gasteiger partial charge on any atom is -0.491 e. The summed E-state index contributed by atoms with van der Waals surface area (Å²) in [6.07, 6.45) is 0.0673. The summed E-state index contributed by atoms with van der Waals surface area (Å²) >= 11 is 0. The molecule has 2 rings (SSSR count). The number of ether oxygens (including phenoxy) is 1. The van der Waals surface area contributed by atoms with Crippen molar-refractivity contribution in [2.45, 2.75) is 24.8 Å². The molecule has 0 aromatic heterocycles. The highest BCUT2D eigenvalue weighted by Crippen LogP contribution is 2.14. The van der Waals surface area contributed by atoms with Crippen LogP contribution in [0, 0.1) is 0 Å². The highest BCUT2D eigenvalue weighted by molar-refractivity contribution is 7.83. The molecule has 0 saturated heterocycles. The summed E-state index contributed by atoms with van der Waals surface area (Å²) < 4.78 is 20.0. The first-order chi connectivity index (χ1) is 10.5. The van der Waals surface area contributed by atoms with Gasteiger partial charge in [-0.15, -0.1) is 0 Å². The zero-order chi connectivity index (χ0) is 16.1. The van der Waals surface area contributed by atoms with Crippen molar-refractivity contribution >= 4 is 22.6 Å². The molecule has 3 N–H and O–H groups in total. The first-order valence-corrected chi connectivity index (χ1v) is 7.95. The second-order valence-corrected chi connectivity index (χ2v) is 6.17. The maximum Gasteiger partial charge on any atom is 0.263 e. The predicted octanol–water partition coefficient (Wildman–Crippen LogP) is 2.51. The lowest BCUT2D eigenvalue weighted by molar-refractivity contribution is 0.0983. The maximum atomic E-state index is 12.1. The molecule has 0 spiro atoms. The van der Waals surface area contributed by atoms with Crippen LogP contribution in [-0.2, 0) is 11.0 Å². The van der Waals surface area contributed by atoms with Gasteiger partial charge in [0, 0.05) is 11.3 Å². The van der Waals surface area contributed by atoms with E-state index in [2.05, 4.69) is 4.72 Å². The highest BCUT2D eigenvalue weighted by Gasteiger charge is 2.11. The summed E-state index contributed by atoms with van der Waals surface area (Å²) in [5.41, 5.74) is 6.56. The van der Waals surface area contributed by atoms with Crippen LogP contribution < -0.4 is 15.2 Å². The number of nitrogens with one attached hydrogen (secondary N) is 1. The van der Waals surface area contributed by atoms with E-state index in [1.807, 2.05) is 13.8 Å². The molecule has 5 nitrogen and oxygen atoms in total. The van der Waals surface area contributed by atoms with Crippen molar-refractivity contribution in [3.63, 3.8) is 0 Å². The third-order valence-electron chi connectivity index (χ3n) is 2.77. The standard InChI is InChI=1S/C16H18N2O3S/c1-11(2)21-14-7-3-12(4-8-14)16(19)18-22(20)15-9-5-13(17)6-10-15/h3-11H,17H2,1-2H3,(H,18,19). The number of carbonyl (C=O) groups excluding carboxylic acids is 1. The Labute approximate surface area is 132 Å². The van der Waals surface area contributed by atoms with Gasteiger partial charge < -0.3 is 10.5 Å².